The minimum atomic E-state index is -1.03. The predicted molar refractivity (Wildman–Crippen MR) is 115 cm³/mol. The lowest BCUT2D eigenvalue weighted by molar-refractivity contribution is -0.155. The number of likely N-dealkylation sites (tertiary alicyclic amines) is 1. The summed E-state index contributed by atoms with van der Waals surface area (Å²) in [5, 5.41) is 2.62. The number of carbonyl (C=O) groups excluding carboxylic acids is 4. The van der Waals surface area contributed by atoms with E-state index in [-0.39, 0.29) is 19.4 Å². The molecule has 0 radical (unpaired) electrons. The molecule has 0 aromatic heterocycles. The highest BCUT2D eigenvalue weighted by atomic mass is 16.6. The highest BCUT2D eigenvalue weighted by Gasteiger charge is 2.37. The zero-order valence-corrected chi connectivity index (χ0v) is 19.1. The van der Waals surface area contributed by atoms with Crippen LogP contribution in [0.5, 0.6) is 0 Å². The molecular formula is C23H32N2O7. The number of methoxy groups -OCH3 is 1. The van der Waals surface area contributed by atoms with E-state index in [9.17, 15) is 19.2 Å². The van der Waals surface area contributed by atoms with Gasteiger partial charge in [0.1, 0.15) is 24.3 Å². The van der Waals surface area contributed by atoms with Crippen LogP contribution in [0.2, 0.25) is 0 Å². The molecule has 0 saturated carbocycles. The summed E-state index contributed by atoms with van der Waals surface area (Å²) in [6, 6.07) is 7.46. The number of hydrogen-bond donors (Lipinski definition) is 1. The molecule has 2 amide bonds. The molecule has 1 aromatic rings. The van der Waals surface area contributed by atoms with E-state index < -0.39 is 41.6 Å². The lowest BCUT2D eigenvalue weighted by Gasteiger charge is -2.25. The molecule has 32 heavy (non-hydrogen) atoms. The van der Waals surface area contributed by atoms with Gasteiger partial charge in [-0.15, -0.1) is 0 Å². The quantitative estimate of drug-likeness (QED) is 0.481. The third-order valence-electron chi connectivity index (χ3n) is 4.85. The molecule has 2 rings (SSSR count). The number of nitrogens with one attached hydrogen (secondary N) is 1. The Morgan fingerprint density at radius 2 is 1.84 bits per heavy atom. The first kappa shape index (κ1) is 25.2. The van der Waals surface area contributed by atoms with E-state index in [2.05, 4.69) is 5.32 Å². The maximum absolute atomic E-state index is 12.9. The summed E-state index contributed by atoms with van der Waals surface area (Å²) in [6.07, 6.45) is 0.462. The lowest BCUT2D eigenvalue weighted by Crippen LogP contribution is -2.51. The fourth-order valence-electron chi connectivity index (χ4n) is 3.37. The molecule has 1 saturated heterocycles. The second-order valence-electron chi connectivity index (χ2n) is 8.60. The van der Waals surface area contributed by atoms with Crippen LogP contribution in [0.1, 0.15) is 52.0 Å². The van der Waals surface area contributed by atoms with Gasteiger partial charge in [-0.05, 0) is 45.6 Å². The van der Waals surface area contributed by atoms with Crippen molar-refractivity contribution in [2.45, 2.75) is 70.7 Å². The maximum atomic E-state index is 12.9. The van der Waals surface area contributed by atoms with Gasteiger partial charge in [-0.2, -0.15) is 0 Å². The third-order valence-corrected chi connectivity index (χ3v) is 4.85. The van der Waals surface area contributed by atoms with E-state index in [1.54, 1.807) is 20.8 Å². The third kappa shape index (κ3) is 7.86. The molecule has 0 unspecified atom stereocenters. The number of esters is 2. The van der Waals surface area contributed by atoms with Crippen LogP contribution in [-0.4, -0.2) is 60.2 Å². The van der Waals surface area contributed by atoms with Gasteiger partial charge in [0.2, 0.25) is 5.91 Å². The van der Waals surface area contributed by atoms with Gasteiger partial charge in [0.05, 0.1) is 7.11 Å². The number of benzene rings is 1. The highest BCUT2D eigenvalue weighted by Crippen LogP contribution is 2.20. The SMILES string of the molecule is COC(=O)[C@H](CCC(=O)OC(C)(C)C)NC(=O)[C@H]1CCCN1C(=O)OCc1ccccc1. The van der Waals surface area contributed by atoms with E-state index in [4.69, 9.17) is 14.2 Å². The molecule has 0 aliphatic carbocycles. The van der Waals surface area contributed by atoms with Crippen LogP contribution in [0, 0.1) is 0 Å². The molecule has 0 spiro atoms. The van der Waals surface area contributed by atoms with Gasteiger partial charge >= 0.3 is 18.0 Å². The van der Waals surface area contributed by atoms with Gasteiger partial charge in [0.25, 0.3) is 0 Å². The molecular weight excluding hydrogens is 416 g/mol. The smallest absolute Gasteiger partial charge is 0.410 e. The number of carbonyl (C=O) groups is 4. The van der Waals surface area contributed by atoms with Gasteiger partial charge in [0.15, 0.2) is 0 Å². The number of amides is 2. The van der Waals surface area contributed by atoms with Crippen LogP contribution in [0.4, 0.5) is 4.79 Å². The molecule has 1 N–H and O–H groups in total. The van der Waals surface area contributed by atoms with Crippen LogP contribution >= 0.6 is 0 Å². The van der Waals surface area contributed by atoms with Crippen molar-refractivity contribution in [3.63, 3.8) is 0 Å². The fraction of sp³-hybridized carbons (Fsp3) is 0.565. The molecule has 0 bridgehead atoms. The number of nitrogens with zero attached hydrogens (tertiary/aromatic N) is 1. The minimum absolute atomic E-state index is 0.0263. The van der Waals surface area contributed by atoms with Gasteiger partial charge in [-0.3, -0.25) is 14.5 Å². The van der Waals surface area contributed by atoms with Crippen LogP contribution in [0.25, 0.3) is 0 Å². The van der Waals surface area contributed by atoms with Crippen molar-refractivity contribution >= 4 is 23.9 Å². The van der Waals surface area contributed by atoms with E-state index >= 15 is 0 Å². The summed E-state index contributed by atoms with van der Waals surface area (Å²) in [5.41, 5.74) is 0.194. The molecule has 1 aromatic carbocycles. The Morgan fingerprint density at radius 3 is 2.47 bits per heavy atom. The molecule has 1 fully saturated rings. The number of ether oxygens (including phenoxy) is 3. The highest BCUT2D eigenvalue weighted by molar-refractivity contribution is 5.90. The molecule has 9 heteroatoms. The number of hydrogen-bond acceptors (Lipinski definition) is 7. The number of rotatable bonds is 8. The average molecular weight is 449 g/mol. The van der Waals surface area contributed by atoms with Crippen molar-refractivity contribution in [1.29, 1.82) is 0 Å². The van der Waals surface area contributed by atoms with E-state index in [0.717, 1.165) is 5.56 Å². The van der Waals surface area contributed by atoms with Crippen LogP contribution in [0.3, 0.4) is 0 Å². The summed E-state index contributed by atoms with van der Waals surface area (Å²) in [6.45, 7) is 5.72. The van der Waals surface area contributed by atoms with E-state index in [0.29, 0.717) is 19.4 Å². The average Bonchev–Trinajstić information content (AvgIpc) is 3.24. The van der Waals surface area contributed by atoms with Crippen LogP contribution in [-0.2, 0) is 35.2 Å². The Hall–Kier alpha value is -3.10. The first-order valence-corrected chi connectivity index (χ1v) is 10.7. The summed E-state index contributed by atoms with van der Waals surface area (Å²) < 4.78 is 15.4. The predicted octanol–water partition coefficient (Wildman–Crippen LogP) is 2.57. The first-order chi connectivity index (χ1) is 15.1. The minimum Gasteiger partial charge on any atom is -0.467 e. The van der Waals surface area contributed by atoms with E-state index in [1.165, 1.54) is 12.0 Å². The first-order valence-electron chi connectivity index (χ1n) is 10.7. The van der Waals surface area contributed by atoms with E-state index in [1.807, 2.05) is 30.3 Å². The van der Waals surface area contributed by atoms with Gasteiger partial charge in [0, 0.05) is 13.0 Å². The molecule has 1 heterocycles. The topological polar surface area (TPSA) is 111 Å². The van der Waals surface area contributed by atoms with Crippen molar-refractivity contribution < 1.29 is 33.4 Å². The Labute approximate surface area is 188 Å². The molecule has 176 valence electrons. The zero-order valence-electron chi connectivity index (χ0n) is 19.1. The van der Waals surface area contributed by atoms with Crippen LogP contribution < -0.4 is 5.32 Å². The fourth-order valence-corrected chi connectivity index (χ4v) is 3.37. The normalized spacial score (nSPS) is 16.8. The maximum Gasteiger partial charge on any atom is 0.410 e. The molecule has 2 atom stereocenters. The Kier molecular flexibility index (Phi) is 9.04. The molecule has 1 aliphatic heterocycles. The van der Waals surface area contributed by atoms with Gasteiger partial charge in [-0.1, -0.05) is 30.3 Å². The standard InChI is InChI=1S/C23H32N2O7/c1-23(2,3)32-19(26)13-12-17(21(28)30-4)24-20(27)18-11-8-14-25(18)22(29)31-15-16-9-6-5-7-10-16/h5-7,9-10,17-18H,8,11-15H2,1-4H3,(H,24,27)/t17-,18+/m0/s1. The summed E-state index contributed by atoms with van der Waals surface area (Å²) in [4.78, 5) is 50.9. The monoisotopic (exact) mass is 448 g/mol. The van der Waals surface area contributed by atoms with Crippen molar-refractivity contribution in [1.82, 2.24) is 10.2 Å². The van der Waals surface area contributed by atoms with Crippen molar-refractivity contribution in [3.8, 4) is 0 Å². The zero-order chi connectivity index (χ0) is 23.7. The lowest BCUT2D eigenvalue weighted by atomic mass is 10.1. The van der Waals surface area contributed by atoms with Gasteiger partial charge in [-0.25, -0.2) is 9.59 Å². The second-order valence-corrected chi connectivity index (χ2v) is 8.60. The summed E-state index contributed by atoms with van der Waals surface area (Å²) >= 11 is 0. The van der Waals surface area contributed by atoms with Crippen molar-refractivity contribution in [3.05, 3.63) is 35.9 Å². The second kappa shape index (κ2) is 11.5. The molecule has 1 aliphatic rings. The van der Waals surface area contributed by atoms with Crippen molar-refractivity contribution in [2.24, 2.45) is 0 Å². The summed E-state index contributed by atoms with van der Waals surface area (Å²) in [7, 11) is 1.21. The van der Waals surface area contributed by atoms with Gasteiger partial charge < -0.3 is 19.5 Å². The Morgan fingerprint density at radius 1 is 1.16 bits per heavy atom. The Bertz CT molecular complexity index is 804. The van der Waals surface area contributed by atoms with Crippen molar-refractivity contribution in [2.75, 3.05) is 13.7 Å². The van der Waals surface area contributed by atoms with Crippen LogP contribution in [0.15, 0.2) is 30.3 Å². The largest absolute Gasteiger partial charge is 0.467 e. The summed E-state index contributed by atoms with van der Waals surface area (Å²) in [5.74, 6) is -1.63. The Balaban J connectivity index is 1.94. The molecule has 9 nitrogen and oxygen atoms in total.